The predicted molar refractivity (Wildman–Crippen MR) is 139 cm³/mol. The van der Waals surface area contributed by atoms with Crippen molar-refractivity contribution >= 4 is 22.9 Å². The molecule has 0 saturated carbocycles. The van der Waals surface area contributed by atoms with Crippen LogP contribution in [0.1, 0.15) is 68.2 Å². The van der Waals surface area contributed by atoms with E-state index in [0.717, 1.165) is 12.8 Å². The van der Waals surface area contributed by atoms with E-state index < -0.39 is 21.5 Å². The van der Waals surface area contributed by atoms with Crippen LogP contribution in [0, 0.1) is 23.7 Å². The molecule has 0 N–H and O–H groups in total. The molecule has 0 bridgehead atoms. The van der Waals surface area contributed by atoms with E-state index in [4.69, 9.17) is 17.0 Å². The second kappa shape index (κ2) is 9.87. The quantitative estimate of drug-likeness (QED) is 0.252. The third kappa shape index (κ3) is 5.24. The van der Waals surface area contributed by atoms with Crippen LogP contribution in [0.3, 0.4) is 0 Å². The molecule has 2 aliphatic rings. The van der Waals surface area contributed by atoms with Gasteiger partial charge in [0.05, 0.1) is 0 Å². The Morgan fingerprint density at radius 1 is 0.733 bits per heavy atom. The number of hydrogen-bond donors (Lipinski definition) is 0. The number of halogens is 2. The van der Waals surface area contributed by atoms with Crippen LogP contribution in [-0.4, -0.2) is 5.92 Å². The SMILES string of the molecule is CC(C)CC1=C[CH]([Zr]([Cl])([Cl])([CH]2C=C(CC(C)C)C=C2C(C)C)[SiH](C)C)C(C(C)C)=C1. The van der Waals surface area contributed by atoms with Gasteiger partial charge in [-0.25, -0.2) is 0 Å². The monoisotopic (exact) mass is 545 g/mol. The van der Waals surface area contributed by atoms with Crippen molar-refractivity contribution in [2.24, 2.45) is 23.7 Å². The summed E-state index contributed by atoms with van der Waals surface area (Å²) in [5, 5.41) is 0. The molecular weight excluding hydrogens is 503 g/mol. The Morgan fingerprint density at radius 2 is 1.07 bits per heavy atom. The van der Waals surface area contributed by atoms with Crippen molar-refractivity contribution in [2.45, 2.75) is 88.6 Å². The summed E-state index contributed by atoms with van der Waals surface area (Å²) >= 11 is -4.27. The van der Waals surface area contributed by atoms with Gasteiger partial charge in [-0.1, -0.05) is 0 Å². The van der Waals surface area contributed by atoms with E-state index in [0.29, 0.717) is 23.7 Å². The molecule has 2 rings (SSSR count). The summed E-state index contributed by atoms with van der Waals surface area (Å²) < 4.78 is 0.578. The third-order valence-corrected chi connectivity index (χ3v) is 59.2. The van der Waals surface area contributed by atoms with Crippen LogP contribution >= 0.6 is 17.0 Å². The zero-order valence-corrected chi connectivity index (χ0v) is 26.1. The van der Waals surface area contributed by atoms with Crippen molar-refractivity contribution in [2.75, 3.05) is 0 Å². The van der Waals surface area contributed by atoms with E-state index in [1.807, 2.05) is 0 Å². The van der Waals surface area contributed by atoms with E-state index >= 15 is 0 Å². The fourth-order valence-corrected chi connectivity index (χ4v) is 34.1. The Kier molecular flexibility index (Phi) is 8.84. The maximum absolute atomic E-state index is 8.09. The molecule has 0 radical (unpaired) electrons. The molecule has 0 aromatic rings. The zero-order chi connectivity index (χ0) is 23.0. The number of rotatable bonds is 9. The molecule has 0 aromatic carbocycles. The third-order valence-electron chi connectivity index (χ3n) is 7.10. The zero-order valence-electron chi connectivity index (χ0n) is 21.0. The summed E-state index contributed by atoms with van der Waals surface area (Å²) in [6, 6.07) is 0. The van der Waals surface area contributed by atoms with Crippen molar-refractivity contribution in [1.29, 1.82) is 0 Å². The summed E-state index contributed by atoms with van der Waals surface area (Å²) in [5.41, 5.74) is 5.96. The number of allylic oxidation sites excluding steroid dienone is 8. The molecule has 0 aliphatic heterocycles. The first-order valence-electron chi connectivity index (χ1n) is 12.1. The van der Waals surface area contributed by atoms with Crippen molar-refractivity contribution in [3.8, 4) is 0 Å². The topological polar surface area (TPSA) is 0 Å². The van der Waals surface area contributed by atoms with Gasteiger partial charge in [0, 0.05) is 0 Å². The standard InChI is InChI=1S/2C12H19.C2H7Si.2ClH.Zr/c2*1-9(2)7-11-5-6-12(8-11)10(3)4;1-3-2;;;/h2*5-6,8-10H,7H2,1-4H3;3H,1-2H3;2*1H;/q;;;;;+2/p-2. The van der Waals surface area contributed by atoms with Crippen LogP contribution in [0.2, 0.25) is 20.3 Å². The summed E-state index contributed by atoms with van der Waals surface area (Å²) in [5.74, 6) is 0.937. The van der Waals surface area contributed by atoms with Gasteiger partial charge in [-0.05, 0) is 0 Å². The van der Waals surface area contributed by atoms with Gasteiger partial charge < -0.3 is 0 Å². The molecule has 0 aromatic heterocycles. The van der Waals surface area contributed by atoms with Gasteiger partial charge in [0.2, 0.25) is 0 Å². The van der Waals surface area contributed by atoms with E-state index in [1.54, 1.807) is 0 Å². The molecule has 2 unspecified atom stereocenters. The first kappa shape index (κ1) is 26.9. The van der Waals surface area contributed by atoms with Crippen LogP contribution in [0.25, 0.3) is 0 Å². The average Bonchev–Trinajstić information content (AvgIpc) is 3.19. The molecule has 0 saturated heterocycles. The van der Waals surface area contributed by atoms with E-state index in [1.165, 1.54) is 22.3 Å². The molecule has 0 fully saturated rings. The Morgan fingerprint density at radius 3 is 1.30 bits per heavy atom. The second-order valence-corrected chi connectivity index (χ2v) is 54.3. The molecule has 4 heteroatoms. The summed E-state index contributed by atoms with van der Waals surface area (Å²) in [6.45, 7) is 23.4. The van der Waals surface area contributed by atoms with Gasteiger partial charge >= 0.3 is 197 Å². The van der Waals surface area contributed by atoms with Crippen LogP contribution in [0.5, 0.6) is 0 Å². The van der Waals surface area contributed by atoms with Gasteiger partial charge in [0.25, 0.3) is 0 Å². The summed E-state index contributed by atoms with van der Waals surface area (Å²) in [6.07, 6.45) is 12.2. The first-order valence-corrected chi connectivity index (χ1v) is 28.4. The Bertz CT molecular complexity index is 708. The molecule has 2 atom stereocenters. The van der Waals surface area contributed by atoms with Crippen molar-refractivity contribution in [3.05, 3.63) is 46.6 Å². The van der Waals surface area contributed by atoms with Crippen LogP contribution < -0.4 is 0 Å². The summed E-state index contributed by atoms with van der Waals surface area (Å²) in [7, 11) is 16.2. The molecule has 0 amide bonds. The second-order valence-electron chi connectivity index (χ2n) is 11.6. The number of hydrogen-bond acceptors (Lipinski definition) is 0. The molecule has 2 aliphatic carbocycles. The minimum atomic E-state index is -4.27. The van der Waals surface area contributed by atoms with Crippen molar-refractivity contribution in [1.82, 2.24) is 0 Å². The molecule has 30 heavy (non-hydrogen) atoms. The molecule has 0 nitrogen and oxygen atoms in total. The van der Waals surface area contributed by atoms with Gasteiger partial charge in [-0.15, -0.1) is 0 Å². The van der Waals surface area contributed by atoms with Crippen LogP contribution in [0.4, 0.5) is 0 Å². The fraction of sp³-hybridized carbons (Fsp3) is 0.692. The molecule has 171 valence electrons. The van der Waals surface area contributed by atoms with Crippen molar-refractivity contribution < 1.29 is 15.6 Å². The molecular formula is C26H45Cl2SiZr. The van der Waals surface area contributed by atoms with Gasteiger partial charge in [-0.3, -0.25) is 0 Å². The first-order chi connectivity index (χ1) is 13.7. The molecule has 0 spiro atoms. The predicted octanol–water partition coefficient (Wildman–Crippen LogP) is 9.68. The van der Waals surface area contributed by atoms with E-state index in [2.05, 4.69) is 92.8 Å². The minimum absolute atomic E-state index is 0.289. The van der Waals surface area contributed by atoms with Crippen LogP contribution in [0.15, 0.2) is 46.6 Å². The van der Waals surface area contributed by atoms with Gasteiger partial charge in [0.1, 0.15) is 0 Å². The molecule has 0 heterocycles. The Labute approximate surface area is 196 Å². The maximum atomic E-state index is 8.09. The van der Waals surface area contributed by atoms with E-state index in [9.17, 15) is 0 Å². The summed E-state index contributed by atoms with van der Waals surface area (Å²) in [4.78, 5) is 0. The normalized spacial score (nSPS) is 24.0. The Balaban J connectivity index is 2.66. The van der Waals surface area contributed by atoms with E-state index in [-0.39, 0.29) is 7.25 Å². The van der Waals surface area contributed by atoms with Crippen LogP contribution in [-0.2, 0) is 15.6 Å². The van der Waals surface area contributed by atoms with Gasteiger partial charge in [-0.2, -0.15) is 0 Å². The van der Waals surface area contributed by atoms with Crippen molar-refractivity contribution in [3.63, 3.8) is 0 Å². The fourth-order valence-electron chi connectivity index (χ4n) is 5.44. The average molecular weight is 548 g/mol. The Hall–Kier alpha value is 0.640. The van der Waals surface area contributed by atoms with Gasteiger partial charge in [0.15, 0.2) is 0 Å².